The number of aromatic nitrogens is 3. The van der Waals surface area contributed by atoms with Crippen molar-refractivity contribution < 1.29 is 19.4 Å². The molecule has 0 aliphatic heterocycles. The Bertz CT molecular complexity index is 1370. The number of phenolic OH excluding ortho intramolecular Hbond substituents is 1. The summed E-state index contributed by atoms with van der Waals surface area (Å²) in [4.78, 5) is 4.41. The number of aromatic hydroxyl groups is 1. The van der Waals surface area contributed by atoms with Crippen LogP contribution in [0, 0.1) is 0 Å². The first-order valence-corrected chi connectivity index (χ1v) is 9.75. The fraction of sp³-hybridized carbons (Fsp3) is 0.130. The van der Waals surface area contributed by atoms with Crippen molar-refractivity contribution in [2.24, 2.45) is 0 Å². The number of phenols is 1. The maximum absolute atomic E-state index is 10.4. The molecule has 0 radical (unpaired) electrons. The first-order chi connectivity index (χ1) is 15.1. The molecule has 5 aromatic rings. The Morgan fingerprint density at radius 2 is 2.00 bits per heavy atom. The minimum atomic E-state index is -0.797. The molecule has 0 saturated carbocycles. The van der Waals surface area contributed by atoms with Crippen molar-refractivity contribution in [3.8, 4) is 23.0 Å². The number of anilines is 1. The van der Waals surface area contributed by atoms with Gasteiger partial charge in [-0.25, -0.2) is 9.50 Å². The molecule has 156 valence electrons. The van der Waals surface area contributed by atoms with E-state index in [1.54, 1.807) is 42.1 Å². The highest BCUT2D eigenvalue weighted by atomic mass is 16.5. The van der Waals surface area contributed by atoms with E-state index in [4.69, 9.17) is 9.15 Å². The van der Waals surface area contributed by atoms with Gasteiger partial charge in [-0.3, -0.25) is 0 Å². The summed E-state index contributed by atoms with van der Waals surface area (Å²) < 4.78 is 13.1. The van der Waals surface area contributed by atoms with E-state index in [-0.39, 0.29) is 12.3 Å². The van der Waals surface area contributed by atoms with Crippen LogP contribution in [0.25, 0.3) is 28.1 Å². The fourth-order valence-corrected chi connectivity index (χ4v) is 3.53. The van der Waals surface area contributed by atoms with Crippen LogP contribution in [0.3, 0.4) is 0 Å². The van der Waals surface area contributed by atoms with Crippen molar-refractivity contribution in [2.45, 2.75) is 6.10 Å². The topological polar surface area (TPSA) is 105 Å². The highest BCUT2D eigenvalue weighted by Gasteiger charge is 2.15. The maximum atomic E-state index is 10.4. The molecule has 1 atom stereocenters. The van der Waals surface area contributed by atoms with Gasteiger partial charge in [-0.1, -0.05) is 18.2 Å². The number of rotatable bonds is 6. The summed E-state index contributed by atoms with van der Waals surface area (Å²) in [5, 5.41) is 28.6. The largest absolute Gasteiger partial charge is 0.508 e. The molecule has 0 bridgehead atoms. The van der Waals surface area contributed by atoms with E-state index in [9.17, 15) is 10.2 Å². The smallest absolute Gasteiger partial charge is 0.155 e. The van der Waals surface area contributed by atoms with Gasteiger partial charge >= 0.3 is 0 Å². The predicted molar refractivity (Wildman–Crippen MR) is 116 cm³/mol. The third-order valence-corrected chi connectivity index (χ3v) is 5.09. The molecular weight excluding hydrogens is 396 g/mol. The third-order valence-electron chi connectivity index (χ3n) is 5.09. The molecule has 3 N–H and O–H groups in total. The van der Waals surface area contributed by atoms with Gasteiger partial charge in [0.1, 0.15) is 28.6 Å². The minimum absolute atomic E-state index is 0.113. The van der Waals surface area contributed by atoms with Gasteiger partial charge in [0.25, 0.3) is 0 Å². The monoisotopic (exact) mass is 416 g/mol. The van der Waals surface area contributed by atoms with E-state index in [0.717, 1.165) is 11.1 Å². The zero-order chi connectivity index (χ0) is 21.4. The van der Waals surface area contributed by atoms with Crippen molar-refractivity contribution in [1.82, 2.24) is 14.6 Å². The first-order valence-electron chi connectivity index (χ1n) is 9.75. The predicted octanol–water partition coefficient (Wildman–Crippen LogP) is 4.00. The molecule has 0 unspecified atom stereocenters. The molecule has 0 aliphatic rings. The number of furan rings is 1. The second kappa shape index (κ2) is 7.66. The molecule has 0 fully saturated rings. The van der Waals surface area contributed by atoms with Crippen LogP contribution < -0.4 is 10.1 Å². The quantitative estimate of drug-likeness (QED) is 0.384. The lowest BCUT2D eigenvalue weighted by Crippen LogP contribution is -2.13. The number of nitrogens with zero attached hydrogens (tertiary/aromatic N) is 3. The van der Waals surface area contributed by atoms with Crippen LogP contribution in [0.2, 0.25) is 0 Å². The number of imidazole rings is 1. The molecular formula is C23H20N4O4. The minimum Gasteiger partial charge on any atom is -0.508 e. The Morgan fingerprint density at radius 3 is 2.84 bits per heavy atom. The van der Waals surface area contributed by atoms with E-state index in [1.165, 1.54) is 6.07 Å². The van der Waals surface area contributed by atoms with E-state index >= 15 is 0 Å². The van der Waals surface area contributed by atoms with Crippen LogP contribution in [-0.2, 0) is 0 Å². The number of hydrogen-bond donors (Lipinski definition) is 3. The van der Waals surface area contributed by atoms with Crippen molar-refractivity contribution in [3.63, 3.8) is 0 Å². The summed E-state index contributed by atoms with van der Waals surface area (Å²) in [6, 6.07) is 17.7. The summed E-state index contributed by atoms with van der Waals surface area (Å²) >= 11 is 0. The highest BCUT2D eigenvalue weighted by molar-refractivity contribution is 5.88. The van der Waals surface area contributed by atoms with Crippen LogP contribution in [0.1, 0.15) is 11.7 Å². The van der Waals surface area contributed by atoms with Gasteiger partial charge in [0.05, 0.1) is 24.8 Å². The summed E-state index contributed by atoms with van der Waals surface area (Å²) in [6.45, 7) is 0.230. The summed E-state index contributed by atoms with van der Waals surface area (Å²) in [5.41, 5.74) is 2.70. The summed E-state index contributed by atoms with van der Waals surface area (Å²) in [6.07, 6.45) is 0.910. The fourth-order valence-electron chi connectivity index (χ4n) is 3.53. The summed E-state index contributed by atoms with van der Waals surface area (Å²) in [5.74, 6) is 2.04. The highest BCUT2D eigenvalue weighted by Crippen LogP contribution is 2.33. The van der Waals surface area contributed by atoms with Gasteiger partial charge in [0, 0.05) is 6.54 Å². The van der Waals surface area contributed by atoms with E-state index in [2.05, 4.69) is 15.4 Å². The molecule has 0 saturated heterocycles. The molecule has 3 heterocycles. The van der Waals surface area contributed by atoms with Crippen molar-refractivity contribution >= 4 is 22.4 Å². The SMILES string of the molecule is COc1cccc2oc(-c3cnc4ccc(NC[C@H](O)c5cccc(O)c5)nn34)cc12. The van der Waals surface area contributed by atoms with Crippen LogP contribution >= 0.6 is 0 Å². The molecule has 0 aliphatic carbocycles. The first kappa shape index (κ1) is 19.0. The Morgan fingerprint density at radius 1 is 1.13 bits per heavy atom. The number of nitrogens with one attached hydrogen (secondary N) is 1. The molecule has 5 rings (SSSR count). The van der Waals surface area contributed by atoms with Crippen LogP contribution in [0.5, 0.6) is 11.5 Å². The molecule has 31 heavy (non-hydrogen) atoms. The lowest BCUT2D eigenvalue weighted by atomic mass is 10.1. The van der Waals surface area contributed by atoms with Crippen LogP contribution in [0.15, 0.2) is 71.3 Å². The Labute approximate surface area is 177 Å². The van der Waals surface area contributed by atoms with Crippen LogP contribution in [-0.4, -0.2) is 38.5 Å². The number of fused-ring (bicyclic) bond motifs is 2. The molecule has 8 nitrogen and oxygen atoms in total. The normalized spacial score (nSPS) is 12.3. The lowest BCUT2D eigenvalue weighted by molar-refractivity contribution is 0.191. The van der Waals surface area contributed by atoms with Crippen molar-refractivity contribution in [2.75, 3.05) is 19.0 Å². The standard InChI is InChI=1S/C23H20N4O4/c1-30-19-6-3-7-20-16(19)11-21(31-20)17-12-25-23-9-8-22(26-27(17)23)24-13-18(29)14-4-2-5-15(28)10-14/h2-12,18,28-29H,13H2,1H3,(H,24,26)/t18-/m0/s1. The second-order valence-electron chi connectivity index (χ2n) is 7.11. The van der Waals surface area contributed by atoms with Gasteiger partial charge < -0.3 is 24.7 Å². The number of aliphatic hydroxyl groups is 1. The molecule has 8 heteroatoms. The maximum Gasteiger partial charge on any atom is 0.155 e. The zero-order valence-electron chi connectivity index (χ0n) is 16.7. The average Bonchev–Trinajstić information content (AvgIpc) is 3.40. The molecule has 2 aromatic carbocycles. The van der Waals surface area contributed by atoms with Gasteiger partial charge in [-0.2, -0.15) is 0 Å². The Kier molecular flexibility index (Phi) is 4.68. The van der Waals surface area contributed by atoms with Crippen molar-refractivity contribution in [1.29, 1.82) is 0 Å². The van der Waals surface area contributed by atoms with E-state index in [0.29, 0.717) is 34.1 Å². The number of hydrogen-bond acceptors (Lipinski definition) is 7. The Balaban J connectivity index is 1.43. The number of aliphatic hydroxyl groups excluding tert-OH is 1. The number of benzene rings is 2. The average molecular weight is 416 g/mol. The van der Waals surface area contributed by atoms with E-state index < -0.39 is 6.10 Å². The number of methoxy groups -OCH3 is 1. The lowest BCUT2D eigenvalue weighted by Gasteiger charge is -2.13. The Hall–Kier alpha value is -4.04. The van der Waals surface area contributed by atoms with E-state index in [1.807, 2.05) is 30.3 Å². The molecule has 3 aromatic heterocycles. The van der Waals surface area contributed by atoms with Gasteiger partial charge in [-0.15, -0.1) is 5.10 Å². The summed E-state index contributed by atoms with van der Waals surface area (Å²) in [7, 11) is 1.63. The molecule has 0 spiro atoms. The second-order valence-corrected chi connectivity index (χ2v) is 7.11. The van der Waals surface area contributed by atoms with Gasteiger partial charge in [0.2, 0.25) is 0 Å². The molecule has 0 amide bonds. The third kappa shape index (κ3) is 3.53. The van der Waals surface area contributed by atoms with Crippen molar-refractivity contribution in [3.05, 3.63) is 72.4 Å². The van der Waals surface area contributed by atoms with Gasteiger partial charge in [0.15, 0.2) is 11.4 Å². The van der Waals surface area contributed by atoms with Gasteiger partial charge in [-0.05, 0) is 48.0 Å². The van der Waals surface area contributed by atoms with Crippen LogP contribution in [0.4, 0.5) is 5.82 Å². The zero-order valence-corrected chi connectivity index (χ0v) is 16.7. The number of ether oxygens (including phenoxy) is 1.